The number of nitrogens with zero attached hydrogens (tertiary/aromatic N) is 2. The van der Waals surface area contributed by atoms with Gasteiger partial charge >= 0.3 is 6.61 Å². The van der Waals surface area contributed by atoms with Crippen molar-refractivity contribution in [3.8, 4) is 11.5 Å². The Hall–Kier alpha value is -3.43. The summed E-state index contributed by atoms with van der Waals surface area (Å²) in [6, 6.07) is 8.29. The molecule has 1 heterocycles. The smallest absolute Gasteiger partial charge is 0.387 e. The Bertz CT molecular complexity index is 834. The Kier molecular flexibility index (Phi) is 9.29. The standard InChI is InChI=1S/C20H25F2N5O3/c1-3-29-16-8-4-6-14(17(16)30-19(21)22)13-27-20(23-2)26-11-10-25-18(28)15-7-5-9-24-12-15/h4-9,12,19H,3,10-11,13H2,1-2H3,(H,25,28)(H2,23,26,27). The molecule has 0 bridgehead atoms. The lowest BCUT2D eigenvalue weighted by atomic mass is 10.2. The van der Waals surface area contributed by atoms with Crippen LogP contribution in [0.25, 0.3) is 0 Å². The zero-order chi connectivity index (χ0) is 21.8. The Morgan fingerprint density at radius 1 is 1.17 bits per heavy atom. The highest BCUT2D eigenvalue weighted by molar-refractivity contribution is 5.93. The molecule has 1 aromatic carbocycles. The van der Waals surface area contributed by atoms with Crippen LogP contribution in [0.1, 0.15) is 22.8 Å². The van der Waals surface area contributed by atoms with Crippen LogP contribution in [0.4, 0.5) is 8.78 Å². The molecule has 0 radical (unpaired) electrons. The predicted octanol–water partition coefficient (Wildman–Crippen LogP) is 2.18. The average Bonchev–Trinajstić information content (AvgIpc) is 2.75. The summed E-state index contributed by atoms with van der Waals surface area (Å²) in [5.41, 5.74) is 0.967. The number of carbonyl (C=O) groups is 1. The van der Waals surface area contributed by atoms with E-state index < -0.39 is 6.61 Å². The van der Waals surface area contributed by atoms with Crippen LogP contribution in [0.15, 0.2) is 47.7 Å². The molecule has 0 atom stereocenters. The van der Waals surface area contributed by atoms with Crippen molar-refractivity contribution in [1.82, 2.24) is 20.9 Å². The molecule has 0 spiro atoms. The summed E-state index contributed by atoms with van der Waals surface area (Å²) >= 11 is 0. The van der Waals surface area contributed by atoms with Gasteiger partial charge in [0.15, 0.2) is 17.5 Å². The third-order valence-electron chi connectivity index (χ3n) is 3.86. The lowest BCUT2D eigenvalue weighted by Gasteiger charge is -2.17. The zero-order valence-corrected chi connectivity index (χ0v) is 16.8. The van der Waals surface area contributed by atoms with Gasteiger partial charge in [-0.25, -0.2) is 0 Å². The molecule has 0 saturated carbocycles. The highest BCUT2D eigenvalue weighted by Crippen LogP contribution is 2.32. The number of hydrogen-bond acceptors (Lipinski definition) is 5. The second kappa shape index (κ2) is 12.2. The highest BCUT2D eigenvalue weighted by Gasteiger charge is 2.16. The van der Waals surface area contributed by atoms with Gasteiger partial charge in [0.1, 0.15) is 0 Å². The number of halogens is 2. The van der Waals surface area contributed by atoms with Crippen molar-refractivity contribution in [2.75, 3.05) is 26.7 Å². The fourth-order valence-corrected chi connectivity index (χ4v) is 2.55. The van der Waals surface area contributed by atoms with Crippen LogP contribution in [0, 0.1) is 0 Å². The van der Waals surface area contributed by atoms with Crippen LogP contribution in [0.2, 0.25) is 0 Å². The summed E-state index contributed by atoms with van der Waals surface area (Å²) in [5.74, 6) is 0.448. The summed E-state index contributed by atoms with van der Waals surface area (Å²) in [5, 5.41) is 8.82. The Balaban J connectivity index is 1.86. The number of carbonyl (C=O) groups excluding carboxylic acids is 1. The third kappa shape index (κ3) is 7.19. The molecule has 1 aromatic heterocycles. The number of aliphatic imine (C=N–C) groups is 1. The molecular weight excluding hydrogens is 396 g/mol. The summed E-state index contributed by atoms with van der Waals surface area (Å²) in [6.45, 7) is 0.0654. The van der Waals surface area contributed by atoms with Crippen molar-refractivity contribution in [3.63, 3.8) is 0 Å². The van der Waals surface area contributed by atoms with Crippen molar-refractivity contribution in [2.45, 2.75) is 20.1 Å². The molecule has 0 aliphatic rings. The number of rotatable bonds is 10. The summed E-state index contributed by atoms with van der Waals surface area (Å²) in [7, 11) is 1.58. The molecule has 0 aliphatic carbocycles. The van der Waals surface area contributed by atoms with Crippen molar-refractivity contribution >= 4 is 11.9 Å². The maximum absolute atomic E-state index is 12.8. The molecular formula is C20H25F2N5O3. The molecule has 8 nitrogen and oxygen atoms in total. The molecule has 2 aromatic rings. The number of nitrogens with one attached hydrogen (secondary N) is 3. The Morgan fingerprint density at radius 3 is 2.63 bits per heavy atom. The van der Waals surface area contributed by atoms with Gasteiger partial charge in [-0.1, -0.05) is 12.1 Å². The van der Waals surface area contributed by atoms with Gasteiger partial charge in [0, 0.05) is 44.6 Å². The first-order valence-electron chi connectivity index (χ1n) is 9.37. The summed E-state index contributed by atoms with van der Waals surface area (Å²) in [6.07, 6.45) is 3.08. The van der Waals surface area contributed by atoms with E-state index in [4.69, 9.17) is 4.74 Å². The average molecular weight is 421 g/mol. The first-order chi connectivity index (χ1) is 14.5. The topological polar surface area (TPSA) is 96.9 Å². The monoisotopic (exact) mass is 421 g/mol. The van der Waals surface area contributed by atoms with E-state index in [1.54, 1.807) is 50.5 Å². The molecule has 30 heavy (non-hydrogen) atoms. The van der Waals surface area contributed by atoms with Crippen LogP contribution in [-0.4, -0.2) is 50.2 Å². The van der Waals surface area contributed by atoms with Crippen molar-refractivity contribution in [2.24, 2.45) is 4.99 Å². The van der Waals surface area contributed by atoms with E-state index in [9.17, 15) is 13.6 Å². The minimum absolute atomic E-state index is 0.0129. The van der Waals surface area contributed by atoms with Crippen molar-refractivity contribution in [1.29, 1.82) is 0 Å². The van der Waals surface area contributed by atoms with Crippen LogP contribution in [0.3, 0.4) is 0 Å². The number of aromatic nitrogens is 1. The minimum atomic E-state index is -2.97. The molecule has 0 aliphatic heterocycles. The lowest BCUT2D eigenvalue weighted by Crippen LogP contribution is -2.41. The lowest BCUT2D eigenvalue weighted by molar-refractivity contribution is -0.0520. The molecule has 162 valence electrons. The van der Waals surface area contributed by atoms with E-state index >= 15 is 0 Å². The van der Waals surface area contributed by atoms with Crippen LogP contribution in [-0.2, 0) is 6.54 Å². The van der Waals surface area contributed by atoms with E-state index in [0.717, 1.165) is 0 Å². The van der Waals surface area contributed by atoms with Gasteiger partial charge in [-0.2, -0.15) is 8.78 Å². The Morgan fingerprint density at radius 2 is 1.97 bits per heavy atom. The first kappa shape index (κ1) is 22.9. The van der Waals surface area contributed by atoms with Gasteiger partial charge in [-0.05, 0) is 25.1 Å². The second-order valence-corrected chi connectivity index (χ2v) is 5.91. The number of ether oxygens (including phenoxy) is 2. The van der Waals surface area contributed by atoms with Gasteiger partial charge in [0.2, 0.25) is 0 Å². The number of pyridine rings is 1. The Labute approximate surface area is 173 Å². The molecule has 10 heteroatoms. The highest BCUT2D eigenvalue weighted by atomic mass is 19.3. The third-order valence-corrected chi connectivity index (χ3v) is 3.86. The van der Waals surface area contributed by atoms with E-state index in [2.05, 4.69) is 30.7 Å². The summed E-state index contributed by atoms with van der Waals surface area (Å²) in [4.78, 5) is 19.9. The van der Waals surface area contributed by atoms with Gasteiger partial charge < -0.3 is 25.4 Å². The molecule has 2 rings (SSSR count). The fourth-order valence-electron chi connectivity index (χ4n) is 2.55. The number of hydrogen-bond donors (Lipinski definition) is 3. The van der Waals surface area contributed by atoms with Gasteiger partial charge in [-0.15, -0.1) is 0 Å². The zero-order valence-electron chi connectivity index (χ0n) is 16.8. The largest absolute Gasteiger partial charge is 0.490 e. The van der Waals surface area contributed by atoms with Crippen molar-refractivity contribution in [3.05, 3.63) is 53.9 Å². The van der Waals surface area contributed by atoms with Crippen LogP contribution >= 0.6 is 0 Å². The normalized spacial score (nSPS) is 11.2. The molecule has 0 unspecified atom stereocenters. The van der Waals surface area contributed by atoms with E-state index in [1.807, 2.05) is 0 Å². The quantitative estimate of drug-likeness (QED) is 0.309. The van der Waals surface area contributed by atoms with Gasteiger partial charge in [0.05, 0.1) is 12.2 Å². The molecule has 0 saturated heterocycles. The van der Waals surface area contributed by atoms with E-state index in [0.29, 0.717) is 36.8 Å². The SMILES string of the molecule is CCOc1cccc(CNC(=NC)NCCNC(=O)c2cccnc2)c1OC(F)F. The van der Waals surface area contributed by atoms with Gasteiger partial charge in [-0.3, -0.25) is 14.8 Å². The van der Waals surface area contributed by atoms with E-state index in [-0.39, 0.29) is 24.0 Å². The van der Waals surface area contributed by atoms with Crippen LogP contribution in [0.5, 0.6) is 11.5 Å². The molecule has 1 amide bonds. The maximum Gasteiger partial charge on any atom is 0.387 e. The number of amides is 1. The van der Waals surface area contributed by atoms with Gasteiger partial charge in [0.25, 0.3) is 5.91 Å². The summed E-state index contributed by atoms with van der Waals surface area (Å²) < 4.78 is 35.6. The first-order valence-corrected chi connectivity index (χ1v) is 9.37. The number of benzene rings is 1. The minimum Gasteiger partial charge on any atom is -0.490 e. The van der Waals surface area contributed by atoms with Crippen molar-refractivity contribution < 1.29 is 23.0 Å². The molecule has 0 fully saturated rings. The molecule has 3 N–H and O–H groups in total. The number of guanidine groups is 1. The van der Waals surface area contributed by atoms with Crippen LogP contribution < -0.4 is 25.4 Å². The predicted molar refractivity (Wildman–Crippen MR) is 109 cm³/mol. The fraction of sp³-hybridized carbons (Fsp3) is 0.350. The number of alkyl halides is 2. The number of para-hydroxylation sites is 1. The second-order valence-electron chi connectivity index (χ2n) is 5.91. The van der Waals surface area contributed by atoms with E-state index in [1.165, 1.54) is 6.20 Å². The maximum atomic E-state index is 12.8.